The van der Waals surface area contributed by atoms with E-state index in [-0.39, 0.29) is 17.7 Å². The van der Waals surface area contributed by atoms with E-state index < -0.39 is 0 Å². The van der Waals surface area contributed by atoms with Crippen LogP contribution < -0.4 is 10.6 Å². The minimum Gasteiger partial charge on any atom is -0.355 e. The standard InChI is InChI=1S/C11H13N3O2/c15-10-4-3-8(6-13-10)11(16)14-9-2-1-5-12-7-9/h1-2,5,7-8H,3-4,6H2,(H,13,15)(H,14,16)/t8-/m0/s1. The van der Waals surface area contributed by atoms with E-state index in [1.807, 2.05) is 0 Å². The normalized spacial score (nSPS) is 20.0. The highest BCUT2D eigenvalue weighted by Crippen LogP contribution is 2.13. The van der Waals surface area contributed by atoms with Gasteiger partial charge in [-0.05, 0) is 18.6 Å². The number of nitrogens with zero attached hydrogens (tertiary/aromatic N) is 1. The van der Waals surface area contributed by atoms with Crippen LogP contribution in [0.1, 0.15) is 12.8 Å². The third kappa shape index (κ3) is 2.56. The molecule has 2 N–H and O–H groups in total. The van der Waals surface area contributed by atoms with Gasteiger partial charge in [-0.3, -0.25) is 14.6 Å². The Morgan fingerprint density at radius 1 is 1.56 bits per heavy atom. The van der Waals surface area contributed by atoms with Gasteiger partial charge in [-0.2, -0.15) is 0 Å². The summed E-state index contributed by atoms with van der Waals surface area (Å²) < 4.78 is 0. The van der Waals surface area contributed by atoms with Crippen LogP contribution in [0.15, 0.2) is 24.5 Å². The molecule has 2 heterocycles. The molecular weight excluding hydrogens is 206 g/mol. The summed E-state index contributed by atoms with van der Waals surface area (Å²) in [5.74, 6) is -0.184. The van der Waals surface area contributed by atoms with Gasteiger partial charge in [-0.1, -0.05) is 0 Å². The van der Waals surface area contributed by atoms with Gasteiger partial charge in [0, 0.05) is 19.2 Å². The van der Waals surface area contributed by atoms with Crippen molar-refractivity contribution >= 4 is 17.5 Å². The van der Waals surface area contributed by atoms with Gasteiger partial charge in [-0.15, -0.1) is 0 Å². The summed E-state index contributed by atoms with van der Waals surface area (Å²) in [6.45, 7) is 0.422. The molecule has 1 saturated heterocycles. The highest BCUT2D eigenvalue weighted by molar-refractivity contribution is 5.93. The molecule has 1 aliphatic heterocycles. The average molecular weight is 219 g/mol. The lowest BCUT2D eigenvalue weighted by Crippen LogP contribution is -2.40. The van der Waals surface area contributed by atoms with Crippen LogP contribution in [0, 0.1) is 5.92 Å². The molecule has 5 nitrogen and oxygen atoms in total. The van der Waals surface area contributed by atoms with E-state index in [0.717, 1.165) is 0 Å². The SMILES string of the molecule is O=C1CC[C@H](C(=O)Nc2cccnc2)CN1. The van der Waals surface area contributed by atoms with Crippen molar-refractivity contribution in [2.45, 2.75) is 12.8 Å². The molecule has 0 saturated carbocycles. The number of pyridine rings is 1. The Balaban J connectivity index is 1.91. The second-order valence-corrected chi connectivity index (χ2v) is 3.77. The first-order chi connectivity index (χ1) is 7.75. The van der Waals surface area contributed by atoms with Gasteiger partial charge in [0.05, 0.1) is 17.8 Å². The van der Waals surface area contributed by atoms with Crippen molar-refractivity contribution in [3.05, 3.63) is 24.5 Å². The second-order valence-electron chi connectivity index (χ2n) is 3.77. The number of amides is 2. The molecule has 0 spiro atoms. The van der Waals surface area contributed by atoms with Crippen LogP contribution in [0.4, 0.5) is 5.69 Å². The molecule has 0 unspecified atom stereocenters. The summed E-state index contributed by atoms with van der Waals surface area (Å²) in [5, 5.41) is 5.46. The zero-order valence-electron chi connectivity index (χ0n) is 8.77. The van der Waals surface area contributed by atoms with Crippen molar-refractivity contribution in [3.63, 3.8) is 0 Å². The van der Waals surface area contributed by atoms with Crippen molar-refractivity contribution in [2.75, 3.05) is 11.9 Å². The molecule has 1 atom stereocenters. The highest BCUT2D eigenvalue weighted by Gasteiger charge is 2.24. The minimum atomic E-state index is -0.141. The van der Waals surface area contributed by atoms with Crippen molar-refractivity contribution in [1.29, 1.82) is 0 Å². The largest absolute Gasteiger partial charge is 0.355 e. The van der Waals surface area contributed by atoms with E-state index >= 15 is 0 Å². The predicted molar refractivity (Wildman–Crippen MR) is 58.6 cm³/mol. The molecule has 84 valence electrons. The maximum Gasteiger partial charge on any atom is 0.229 e. The first-order valence-electron chi connectivity index (χ1n) is 5.23. The van der Waals surface area contributed by atoms with Crippen LogP contribution in [0.25, 0.3) is 0 Å². The molecule has 1 aromatic rings. The summed E-state index contributed by atoms with van der Waals surface area (Å²) in [6.07, 6.45) is 4.28. The molecule has 0 radical (unpaired) electrons. The fourth-order valence-corrected chi connectivity index (χ4v) is 1.64. The number of hydrogen-bond donors (Lipinski definition) is 2. The highest BCUT2D eigenvalue weighted by atomic mass is 16.2. The second kappa shape index (κ2) is 4.74. The van der Waals surface area contributed by atoms with E-state index in [1.165, 1.54) is 0 Å². The topological polar surface area (TPSA) is 71.1 Å². The van der Waals surface area contributed by atoms with Crippen LogP contribution >= 0.6 is 0 Å². The van der Waals surface area contributed by atoms with Gasteiger partial charge in [0.25, 0.3) is 0 Å². The number of carbonyl (C=O) groups excluding carboxylic acids is 2. The third-order valence-corrected chi connectivity index (χ3v) is 2.57. The Morgan fingerprint density at radius 3 is 3.06 bits per heavy atom. The van der Waals surface area contributed by atoms with Crippen molar-refractivity contribution < 1.29 is 9.59 Å². The lowest BCUT2D eigenvalue weighted by Gasteiger charge is -2.21. The molecule has 0 bridgehead atoms. The summed E-state index contributed by atoms with van der Waals surface area (Å²) in [4.78, 5) is 26.6. The molecule has 0 aromatic carbocycles. The van der Waals surface area contributed by atoms with E-state index in [1.54, 1.807) is 24.5 Å². The van der Waals surface area contributed by atoms with Gasteiger partial charge in [0.2, 0.25) is 11.8 Å². The molecule has 16 heavy (non-hydrogen) atoms. The molecule has 1 aromatic heterocycles. The van der Waals surface area contributed by atoms with Crippen LogP contribution in [0.3, 0.4) is 0 Å². The maximum atomic E-state index is 11.8. The number of aromatic nitrogens is 1. The van der Waals surface area contributed by atoms with E-state index in [4.69, 9.17) is 0 Å². The first-order valence-corrected chi connectivity index (χ1v) is 5.23. The molecule has 5 heteroatoms. The smallest absolute Gasteiger partial charge is 0.229 e. The maximum absolute atomic E-state index is 11.8. The molecule has 2 amide bonds. The number of carbonyl (C=O) groups is 2. The number of anilines is 1. The number of rotatable bonds is 2. The van der Waals surface area contributed by atoms with Gasteiger partial charge >= 0.3 is 0 Å². The van der Waals surface area contributed by atoms with Gasteiger partial charge in [0.1, 0.15) is 0 Å². The van der Waals surface area contributed by atoms with Crippen LogP contribution in [-0.4, -0.2) is 23.3 Å². The van der Waals surface area contributed by atoms with Gasteiger partial charge in [-0.25, -0.2) is 0 Å². The van der Waals surface area contributed by atoms with E-state index in [9.17, 15) is 9.59 Å². The molecule has 1 fully saturated rings. The van der Waals surface area contributed by atoms with Crippen molar-refractivity contribution in [2.24, 2.45) is 5.92 Å². The van der Waals surface area contributed by atoms with Crippen LogP contribution in [0.5, 0.6) is 0 Å². The first kappa shape index (κ1) is 10.6. The molecule has 1 aliphatic rings. The molecule has 0 aliphatic carbocycles. The zero-order chi connectivity index (χ0) is 11.4. The number of hydrogen-bond acceptors (Lipinski definition) is 3. The lowest BCUT2D eigenvalue weighted by molar-refractivity contribution is -0.126. The summed E-state index contributed by atoms with van der Waals surface area (Å²) in [6, 6.07) is 3.55. The van der Waals surface area contributed by atoms with E-state index in [0.29, 0.717) is 25.1 Å². The summed E-state index contributed by atoms with van der Waals surface area (Å²) >= 11 is 0. The van der Waals surface area contributed by atoms with E-state index in [2.05, 4.69) is 15.6 Å². The average Bonchev–Trinajstić information content (AvgIpc) is 2.31. The monoisotopic (exact) mass is 219 g/mol. The Kier molecular flexibility index (Phi) is 3.14. The lowest BCUT2D eigenvalue weighted by atomic mass is 9.98. The Labute approximate surface area is 93.3 Å². The Hall–Kier alpha value is -1.91. The van der Waals surface area contributed by atoms with Gasteiger partial charge < -0.3 is 10.6 Å². The fraction of sp³-hybridized carbons (Fsp3) is 0.364. The zero-order valence-corrected chi connectivity index (χ0v) is 8.77. The molecule has 2 rings (SSSR count). The van der Waals surface area contributed by atoms with Crippen molar-refractivity contribution in [1.82, 2.24) is 10.3 Å². The predicted octanol–water partition coefficient (Wildman–Crippen LogP) is 0.546. The third-order valence-electron chi connectivity index (χ3n) is 2.57. The number of piperidine rings is 1. The quantitative estimate of drug-likeness (QED) is 0.762. The minimum absolute atomic E-state index is 0.0189. The molecular formula is C11H13N3O2. The summed E-state index contributed by atoms with van der Waals surface area (Å²) in [7, 11) is 0. The number of nitrogens with one attached hydrogen (secondary N) is 2. The van der Waals surface area contributed by atoms with Gasteiger partial charge in [0.15, 0.2) is 0 Å². The van der Waals surface area contributed by atoms with Crippen LogP contribution in [-0.2, 0) is 9.59 Å². The Bertz CT molecular complexity index is 381. The van der Waals surface area contributed by atoms with Crippen molar-refractivity contribution in [3.8, 4) is 0 Å². The fourth-order valence-electron chi connectivity index (χ4n) is 1.64. The Morgan fingerprint density at radius 2 is 2.44 bits per heavy atom. The summed E-state index contributed by atoms with van der Waals surface area (Å²) in [5.41, 5.74) is 0.685. The van der Waals surface area contributed by atoms with Crippen LogP contribution in [0.2, 0.25) is 0 Å².